The zero-order valence-electron chi connectivity index (χ0n) is 9.93. The van der Waals surface area contributed by atoms with Gasteiger partial charge in [-0.1, -0.05) is 35.5 Å². The van der Waals surface area contributed by atoms with E-state index in [1.165, 1.54) is 12.5 Å². The Kier molecular flexibility index (Phi) is 5.79. The van der Waals surface area contributed by atoms with E-state index in [0.29, 0.717) is 6.61 Å². The number of benzene rings is 1. The van der Waals surface area contributed by atoms with Gasteiger partial charge in [-0.3, -0.25) is 0 Å². The number of hydrogen-bond donors (Lipinski definition) is 1. The van der Waals surface area contributed by atoms with Crippen molar-refractivity contribution in [1.82, 2.24) is 0 Å². The van der Waals surface area contributed by atoms with E-state index in [2.05, 4.69) is 17.3 Å². The summed E-state index contributed by atoms with van der Waals surface area (Å²) in [5.41, 5.74) is 1.28. The molecule has 0 aliphatic carbocycles. The summed E-state index contributed by atoms with van der Waals surface area (Å²) in [6.45, 7) is 1.86. The highest BCUT2D eigenvalue weighted by atomic mass is 16.6. The van der Waals surface area contributed by atoms with Crippen LogP contribution >= 0.6 is 0 Å². The second-order valence-electron chi connectivity index (χ2n) is 3.76. The number of carboxylic acids is 1. The van der Waals surface area contributed by atoms with Crippen LogP contribution in [0.25, 0.3) is 0 Å². The van der Waals surface area contributed by atoms with Crippen molar-refractivity contribution in [3.63, 3.8) is 0 Å². The first-order valence-corrected chi connectivity index (χ1v) is 5.64. The van der Waals surface area contributed by atoms with Crippen molar-refractivity contribution < 1.29 is 14.7 Å². The number of oxime groups is 1. The molecule has 0 heterocycles. The van der Waals surface area contributed by atoms with Crippen molar-refractivity contribution in [2.45, 2.75) is 26.2 Å². The van der Waals surface area contributed by atoms with E-state index in [1.807, 2.05) is 18.2 Å². The molecule has 92 valence electrons. The lowest BCUT2D eigenvalue weighted by Gasteiger charge is -2.01. The van der Waals surface area contributed by atoms with Gasteiger partial charge < -0.3 is 9.94 Å². The first-order valence-electron chi connectivity index (χ1n) is 5.64. The molecule has 1 aromatic carbocycles. The van der Waals surface area contributed by atoms with Crippen molar-refractivity contribution >= 4 is 11.7 Å². The summed E-state index contributed by atoms with van der Waals surface area (Å²) in [6, 6.07) is 10.2. The van der Waals surface area contributed by atoms with Crippen LogP contribution in [0.2, 0.25) is 0 Å². The standard InChI is InChI=1S/C13H17NO3/c1-11(13(15)16)14-17-10-6-5-9-12-7-3-2-4-8-12/h2-4,7-8H,5-6,9-10H2,1H3,(H,15,16)/b14-11-. The maximum Gasteiger partial charge on any atom is 0.353 e. The van der Waals surface area contributed by atoms with E-state index >= 15 is 0 Å². The number of hydrogen-bond acceptors (Lipinski definition) is 3. The van der Waals surface area contributed by atoms with E-state index in [4.69, 9.17) is 9.94 Å². The van der Waals surface area contributed by atoms with Gasteiger partial charge in [0.1, 0.15) is 6.61 Å². The minimum Gasteiger partial charge on any atom is -0.477 e. The fraction of sp³-hybridized carbons (Fsp3) is 0.385. The summed E-state index contributed by atoms with van der Waals surface area (Å²) >= 11 is 0. The number of carboxylic acid groups (broad SMARTS) is 1. The molecule has 1 aromatic rings. The number of rotatable bonds is 7. The molecule has 0 saturated carbocycles. The van der Waals surface area contributed by atoms with Crippen LogP contribution in [-0.2, 0) is 16.1 Å². The van der Waals surface area contributed by atoms with Gasteiger partial charge in [-0.05, 0) is 31.7 Å². The van der Waals surface area contributed by atoms with E-state index < -0.39 is 5.97 Å². The Morgan fingerprint density at radius 1 is 1.29 bits per heavy atom. The molecule has 1 N–H and O–H groups in total. The predicted octanol–water partition coefficient (Wildman–Crippen LogP) is 2.49. The first-order chi connectivity index (χ1) is 8.20. The third-order valence-corrected chi connectivity index (χ3v) is 2.30. The summed E-state index contributed by atoms with van der Waals surface area (Å²) in [5.74, 6) is -1.05. The molecule has 4 nitrogen and oxygen atoms in total. The summed E-state index contributed by atoms with van der Waals surface area (Å²) in [4.78, 5) is 15.3. The Bertz CT molecular complexity index is 374. The van der Waals surface area contributed by atoms with Crippen molar-refractivity contribution in [2.24, 2.45) is 5.16 Å². The van der Waals surface area contributed by atoms with Crippen molar-refractivity contribution in [3.8, 4) is 0 Å². The fourth-order valence-corrected chi connectivity index (χ4v) is 1.32. The van der Waals surface area contributed by atoms with Crippen LogP contribution < -0.4 is 0 Å². The molecule has 0 saturated heterocycles. The lowest BCUT2D eigenvalue weighted by molar-refractivity contribution is -0.129. The maximum atomic E-state index is 10.4. The highest BCUT2D eigenvalue weighted by Crippen LogP contribution is 2.04. The Labute approximate surface area is 101 Å². The molecule has 0 unspecified atom stereocenters. The predicted molar refractivity (Wildman–Crippen MR) is 66.1 cm³/mol. The van der Waals surface area contributed by atoms with E-state index in [9.17, 15) is 4.79 Å². The zero-order chi connectivity index (χ0) is 12.5. The average molecular weight is 235 g/mol. The molecule has 0 aliphatic rings. The van der Waals surface area contributed by atoms with Crippen LogP contribution in [0, 0.1) is 0 Å². The average Bonchev–Trinajstić information content (AvgIpc) is 2.34. The first kappa shape index (κ1) is 13.2. The van der Waals surface area contributed by atoms with Crippen LogP contribution in [0.15, 0.2) is 35.5 Å². The number of aryl methyl sites for hydroxylation is 1. The minimum atomic E-state index is -1.05. The maximum absolute atomic E-state index is 10.4. The Morgan fingerprint density at radius 3 is 2.65 bits per heavy atom. The quantitative estimate of drug-likeness (QED) is 0.448. The second kappa shape index (κ2) is 7.44. The lowest BCUT2D eigenvalue weighted by Crippen LogP contribution is -2.08. The van der Waals surface area contributed by atoms with Gasteiger partial charge >= 0.3 is 5.97 Å². The molecule has 0 amide bonds. The summed E-state index contributed by atoms with van der Waals surface area (Å²) in [7, 11) is 0. The molecule has 0 spiro atoms. The van der Waals surface area contributed by atoms with Crippen LogP contribution in [-0.4, -0.2) is 23.4 Å². The van der Waals surface area contributed by atoms with Gasteiger partial charge in [0.2, 0.25) is 0 Å². The molecule has 0 aliphatic heterocycles. The van der Waals surface area contributed by atoms with Crippen LogP contribution in [0.3, 0.4) is 0 Å². The molecule has 0 radical (unpaired) electrons. The Hall–Kier alpha value is -1.84. The van der Waals surface area contributed by atoms with E-state index in [-0.39, 0.29) is 5.71 Å². The van der Waals surface area contributed by atoms with Crippen molar-refractivity contribution in [2.75, 3.05) is 6.61 Å². The van der Waals surface area contributed by atoms with Crippen molar-refractivity contribution in [3.05, 3.63) is 35.9 Å². The van der Waals surface area contributed by atoms with Crippen LogP contribution in [0.1, 0.15) is 25.3 Å². The molecule has 1 rings (SSSR count). The SMILES string of the molecule is C/C(=N/OCCCCc1ccccc1)C(=O)O. The number of unbranched alkanes of at least 4 members (excludes halogenated alkanes) is 1. The van der Waals surface area contributed by atoms with Gasteiger partial charge in [0.05, 0.1) is 0 Å². The summed E-state index contributed by atoms with van der Waals surface area (Å²) < 4.78 is 0. The van der Waals surface area contributed by atoms with Crippen molar-refractivity contribution in [1.29, 1.82) is 0 Å². The monoisotopic (exact) mass is 235 g/mol. The summed E-state index contributed by atoms with van der Waals surface area (Å²) in [6.07, 6.45) is 2.88. The second-order valence-corrected chi connectivity index (χ2v) is 3.76. The topological polar surface area (TPSA) is 58.9 Å². The third kappa shape index (κ3) is 5.70. The Morgan fingerprint density at radius 2 is 2.00 bits per heavy atom. The zero-order valence-corrected chi connectivity index (χ0v) is 9.93. The molecule has 0 fully saturated rings. The lowest BCUT2D eigenvalue weighted by atomic mass is 10.1. The van der Waals surface area contributed by atoms with Gasteiger partial charge in [-0.15, -0.1) is 0 Å². The highest BCUT2D eigenvalue weighted by molar-refractivity contribution is 6.34. The molecular weight excluding hydrogens is 218 g/mol. The molecule has 0 atom stereocenters. The largest absolute Gasteiger partial charge is 0.477 e. The van der Waals surface area contributed by atoms with Gasteiger partial charge in [0, 0.05) is 0 Å². The Balaban J connectivity index is 2.10. The van der Waals surface area contributed by atoms with Gasteiger partial charge in [-0.25, -0.2) is 4.79 Å². The van der Waals surface area contributed by atoms with Gasteiger partial charge in [-0.2, -0.15) is 0 Å². The fourth-order valence-electron chi connectivity index (χ4n) is 1.32. The molecule has 4 heteroatoms. The van der Waals surface area contributed by atoms with E-state index in [0.717, 1.165) is 19.3 Å². The number of carbonyl (C=O) groups is 1. The minimum absolute atomic E-state index is 0.0203. The normalized spacial score (nSPS) is 11.2. The third-order valence-electron chi connectivity index (χ3n) is 2.30. The number of nitrogens with zero attached hydrogens (tertiary/aromatic N) is 1. The molecule has 17 heavy (non-hydrogen) atoms. The summed E-state index contributed by atoms with van der Waals surface area (Å²) in [5, 5.41) is 12.0. The van der Waals surface area contributed by atoms with Gasteiger partial charge in [0.25, 0.3) is 0 Å². The molecule has 0 aromatic heterocycles. The smallest absolute Gasteiger partial charge is 0.353 e. The van der Waals surface area contributed by atoms with Crippen LogP contribution in [0.5, 0.6) is 0 Å². The number of aliphatic carboxylic acids is 1. The highest BCUT2D eigenvalue weighted by Gasteiger charge is 2.01. The van der Waals surface area contributed by atoms with Gasteiger partial charge in [0.15, 0.2) is 5.71 Å². The van der Waals surface area contributed by atoms with E-state index in [1.54, 1.807) is 0 Å². The molecule has 0 bridgehead atoms. The van der Waals surface area contributed by atoms with Crippen LogP contribution in [0.4, 0.5) is 0 Å². The molecular formula is C13H17NO3.